The minimum atomic E-state index is -1.49. The highest BCUT2D eigenvalue weighted by molar-refractivity contribution is 7.24. The average Bonchev–Trinajstić information content (AvgIpc) is 3.80. The Morgan fingerprint density at radius 2 is 1.24 bits per heavy atom. The zero-order valence-corrected chi connectivity index (χ0v) is 26.6. The number of nitrogens with zero attached hydrogens (tertiary/aromatic N) is 2. The van der Waals surface area contributed by atoms with Gasteiger partial charge in [-0.25, -0.2) is 0 Å². The molecule has 0 bridgehead atoms. The van der Waals surface area contributed by atoms with Gasteiger partial charge in [-0.1, -0.05) is 68.4 Å². The molecule has 0 radical (unpaired) electrons. The van der Waals surface area contributed by atoms with E-state index < -0.39 is 6.29 Å². The summed E-state index contributed by atoms with van der Waals surface area (Å²) in [4.78, 5) is 12.0. The second kappa shape index (κ2) is 12.1. The first kappa shape index (κ1) is 29.1. The number of aliphatic imine (C=N–C) groups is 1. The lowest BCUT2D eigenvalue weighted by atomic mass is 9.80. The van der Waals surface area contributed by atoms with Crippen LogP contribution in [0.4, 0.5) is 22.7 Å². The lowest BCUT2D eigenvalue weighted by molar-refractivity contribution is -0.0425. The Hall–Kier alpha value is -4.59. The van der Waals surface area contributed by atoms with Crippen LogP contribution in [0.3, 0.4) is 0 Å². The number of aliphatic hydroxyl groups is 2. The van der Waals surface area contributed by atoms with Crippen LogP contribution >= 0.6 is 22.7 Å². The Morgan fingerprint density at radius 3 is 1.91 bits per heavy atom. The van der Waals surface area contributed by atoms with E-state index in [4.69, 9.17) is 4.99 Å². The number of hydrogen-bond donors (Lipinski definition) is 2. The lowest BCUT2D eigenvalue weighted by Gasteiger charge is -2.25. The van der Waals surface area contributed by atoms with Crippen LogP contribution in [0, 0.1) is 0 Å². The third-order valence-electron chi connectivity index (χ3n) is 8.19. The summed E-state index contributed by atoms with van der Waals surface area (Å²) in [5, 5.41) is 19.2. The number of fused-ring (bicyclic) bond motifs is 1. The maximum atomic E-state index is 9.62. The number of allylic oxidation sites excluding steroid dienone is 1. The quantitative estimate of drug-likeness (QED) is 0.166. The third-order valence-corrected chi connectivity index (χ3v) is 10.6. The number of para-hydroxylation sites is 2. The van der Waals surface area contributed by atoms with Gasteiger partial charge in [0.05, 0.1) is 11.4 Å². The molecule has 2 N–H and O–H groups in total. The molecule has 0 saturated heterocycles. The molecule has 0 atom stereocenters. The highest BCUT2D eigenvalue weighted by Crippen LogP contribution is 2.43. The fourth-order valence-corrected chi connectivity index (χ4v) is 7.72. The molecule has 7 rings (SSSR count). The zero-order valence-electron chi connectivity index (χ0n) is 25.0. The molecule has 0 aliphatic carbocycles. The summed E-state index contributed by atoms with van der Waals surface area (Å²) in [6.45, 7) is 4.24. The molecule has 6 aromatic rings. The summed E-state index contributed by atoms with van der Waals surface area (Å²) < 4.78 is 0. The van der Waals surface area contributed by atoms with Gasteiger partial charge in [-0.15, -0.1) is 22.7 Å². The van der Waals surface area contributed by atoms with Crippen molar-refractivity contribution in [1.82, 2.24) is 0 Å². The zero-order chi connectivity index (χ0) is 31.0. The van der Waals surface area contributed by atoms with Gasteiger partial charge in [-0.05, 0) is 96.1 Å². The summed E-state index contributed by atoms with van der Waals surface area (Å²) in [6, 6.07) is 43.9. The van der Waals surface area contributed by atoms with Crippen molar-refractivity contribution >= 4 is 57.2 Å². The third kappa shape index (κ3) is 5.81. The van der Waals surface area contributed by atoms with Gasteiger partial charge in [0.1, 0.15) is 0 Å². The number of benzene rings is 4. The van der Waals surface area contributed by atoms with Gasteiger partial charge in [-0.3, -0.25) is 4.99 Å². The topological polar surface area (TPSA) is 56.1 Å². The molecule has 0 unspecified atom stereocenters. The van der Waals surface area contributed by atoms with E-state index in [0.717, 1.165) is 38.9 Å². The molecule has 222 valence electrons. The Balaban J connectivity index is 1.08. The molecule has 2 aromatic heterocycles. The lowest BCUT2D eigenvalue weighted by Crippen LogP contribution is -2.23. The summed E-state index contributed by atoms with van der Waals surface area (Å²) in [5.74, 6) is 0. The molecule has 45 heavy (non-hydrogen) atoms. The average molecular weight is 625 g/mol. The van der Waals surface area contributed by atoms with Crippen molar-refractivity contribution < 1.29 is 10.2 Å². The number of thiophene rings is 2. The molecule has 0 amide bonds. The Morgan fingerprint density at radius 1 is 0.644 bits per heavy atom. The minimum Gasteiger partial charge on any atom is -0.364 e. The van der Waals surface area contributed by atoms with Crippen LogP contribution in [0.1, 0.15) is 36.1 Å². The van der Waals surface area contributed by atoms with Gasteiger partial charge in [-0.2, -0.15) is 0 Å². The molecule has 4 aromatic carbocycles. The van der Waals surface area contributed by atoms with Gasteiger partial charge in [0.2, 0.25) is 0 Å². The molecule has 0 saturated carbocycles. The van der Waals surface area contributed by atoms with E-state index in [9.17, 15) is 10.2 Å². The van der Waals surface area contributed by atoms with Crippen LogP contribution in [0.25, 0.3) is 26.3 Å². The molecule has 1 aliphatic rings. The summed E-state index contributed by atoms with van der Waals surface area (Å²) >= 11 is 3.57. The predicted octanol–water partition coefficient (Wildman–Crippen LogP) is 10.7. The summed E-state index contributed by atoms with van der Waals surface area (Å²) in [7, 11) is 0. The van der Waals surface area contributed by atoms with Gasteiger partial charge in [0.15, 0.2) is 6.29 Å². The summed E-state index contributed by atoms with van der Waals surface area (Å²) in [6.07, 6.45) is 2.72. The van der Waals surface area contributed by atoms with Crippen molar-refractivity contribution in [2.45, 2.75) is 25.6 Å². The van der Waals surface area contributed by atoms with Crippen LogP contribution in [0.15, 0.2) is 138 Å². The largest absolute Gasteiger partial charge is 0.364 e. The van der Waals surface area contributed by atoms with Gasteiger partial charge in [0, 0.05) is 47.5 Å². The van der Waals surface area contributed by atoms with Gasteiger partial charge < -0.3 is 15.1 Å². The Labute approximate surface area is 271 Å². The number of anilines is 3. The standard InChI is InChI=1S/C39H32N2O2S2/c1-39(2)32-25-27(38(42)43)15-20-33(32)40-37(39)24-19-31-18-21-35(44-31)36-23-22-34(45-36)26-13-16-30(17-14-26)41(28-9-5-3-6-10-28)29-11-7-4-8-12-29/h3-25,38,42-43H,1-2H3. The van der Waals surface area contributed by atoms with Crippen molar-refractivity contribution in [1.29, 1.82) is 0 Å². The molecular weight excluding hydrogens is 593 g/mol. The maximum absolute atomic E-state index is 9.62. The predicted molar refractivity (Wildman–Crippen MR) is 191 cm³/mol. The maximum Gasteiger partial charge on any atom is 0.178 e. The van der Waals surface area contributed by atoms with Gasteiger partial charge >= 0.3 is 0 Å². The molecular formula is C39H32N2O2S2. The highest BCUT2D eigenvalue weighted by atomic mass is 32.1. The molecule has 0 fully saturated rings. The van der Waals surface area contributed by atoms with E-state index in [1.807, 2.05) is 24.3 Å². The second-order valence-electron chi connectivity index (χ2n) is 11.5. The Kier molecular flexibility index (Phi) is 7.81. The van der Waals surface area contributed by atoms with E-state index in [0.29, 0.717) is 5.56 Å². The first-order valence-corrected chi connectivity index (χ1v) is 16.5. The van der Waals surface area contributed by atoms with E-state index in [1.165, 1.54) is 20.2 Å². The first-order chi connectivity index (χ1) is 21.9. The smallest absolute Gasteiger partial charge is 0.178 e. The normalized spacial score (nSPS) is 13.8. The van der Waals surface area contributed by atoms with Crippen molar-refractivity contribution in [2.24, 2.45) is 4.99 Å². The monoisotopic (exact) mass is 624 g/mol. The van der Waals surface area contributed by atoms with E-state index in [-0.39, 0.29) is 5.41 Å². The number of rotatable bonds is 8. The van der Waals surface area contributed by atoms with Crippen LogP contribution in [0.5, 0.6) is 0 Å². The van der Waals surface area contributed by atoms with E-state index in [2.05, 4.69) is 128 Å². The minimum absolute atomic E-state index is 0.325. The van der Waals surface area contributed by atoms with E-state index in [1.54, 1.807) is 28.7 Å². The van der Waals surface area contributed by atoms with Crippen molar-refractivity contribution in [3.63, 3.8) is 0 Å². The molecule has 4 nitrogen and oxygen atoms in total. The number of aliphatic hydroxyl groups excluding tert-OH is 1. The summed E-state index contributed by atoms with van der Waals surface area (Å²) in [5.41, 5.74) is 7.57. The highest BCUT2D eigenvalue weighted by Gasteiger charge is 2.34. The second-order valence-corrected chi connectivity index (χ2v) is 13.7. The fourth-order valence-electron chi connectivity index (χ4n) is 5.70. The Bertz CT molecular complexity index is 1960. The fraction of sp³-hybridized carbons (Fsp3) is 0.103. The van der Waals surface area contributed by atoms with Crippen molar-refractivity contribution in [2.75, 3.05) is 4.90 Å². The van der Waals surface area contributed by atoms with E-state index >= 15 is 0 Å². The molecule has 3 heterocycles. The first-order valence-electron chi connectivity index (χ1n) is 14.9. The van der Waals surface area contributed by atoms with Crippen LogP contribution in [0.2, 0.25) is 0 Å². The van der Waals surface area contributed by atoms with Crippen molar-refractivity contribution in [3.05, 3.63) is 149 Å². The number of hydrogen-bond acceptors (Lipinski definition) is 6. The van der Waals surface area contributed by atoms with Crippen LogP contribution in [-0.2, 0) is 5.41 Å². The molecule has 6 heteroatoms. The van der Waals surface area contributed by atoms with Gasteiger partial charge in [0.25, 0.3) is 0 Å². The van der Waals surface area contributed by atoms with Crippen LogP contribution < -0.4 is 4.90 Å². The molecule has 1 aliphatic heterocycles. The SMILES string of the molecule is CC1(C)C(C=Cc2ccc(-c3ccc(-c4ccc(N(c5ccccc5)c5ccccc5)cc4)s3)s2)=Nc2ccc(C(O)O)cc21. The van der Waals surface area contributed by atoms with Crippen LogP contribution in [-0.4, -0.2) is 15.9 Å². The molecule has 0 spiro atoms. The van der Waals surface area contributed by atoms with Crippen molar-refractivity contribution in [3.8, 4) is 20.2 Å².